The Labute approximate surface area is 216 Å². The molecule has 2 aliphatic heterocycles. The summed E-state index contributed by atoms with van der Waals surface area (Å²) in [7, 11) is 0. The third kappa shape index (κ3) is 4.69. The Hall–Kier alpha value is -3.78. The first-order valence-electron chi connectivity index (χ1n) is 12.3. The number of anilines is 3. The summed E-state index contributed by atoms with van der Waals surface area (Å²) in [5.41, 5.74) is 6.79. The zero-order chi connectivity index (χ0) is 25.5. The normalized spacial score (nSPS) is 19.1. The molecule has 0 radical (unpaired) electrons. The number of nitrogens with zero attached hydrogens (tertiary/aromatic N) is 9. The van der Waals surface area contributed by atoms with E-state index in [1.807, 2.05) is 0 Å². The van der Waals surface area contributed by atoms with Crippen LogP contribution in [0, 0.1) is 12.8 Å². The first-order chi connectivity index (χ1) is 17.9. The van der Waals surface area contributed by atoms with Crippen molar-refractivity contribution in [2.24, 2.45) is 5.92 Å². The molecule has 0 aliphatic carbocycles. The van der Waals surface area contributed by atoms with Gasteiger partial charge in [0.05, 0.1) is 12.0 Å². The van der Waals surface area contributed by atoms with Crippen molar-refractivity contribution in [3.63, 3.8) is 0 Å². The quantitative estimate of drug-likeness (QED) is 0.378. The van der Waals surface area contributed by atoms with E-state index >= 15 is 0 Å². The number of furan rings is 1. The highest BCUT2D eigenvalue weighted by atomic mass is 32.1. The minimum Gasteiger partial charge on any atom is -0.477 e. The van der Waals surface area contributed by atoms with Gasteiger partial charge in [0.25, 0.3) is 5.78 Å². The maximum Gasteiger partial charge on any atom is 0.347 e. The summed E-state index contributed by atoms with van der Waals surface area (Å²) in [6, 6.07) is 3.57. The minimum absolute atomic E-state index is 0.243. The van der Waals surface area contributed by atoms with E-state index in [1.165, 1.54) is 15.9 Å². The number of carbonyl (C=O) groups is 1. The molecule has 3 N–H and O–H groups in total. The summed E-state index contributed by atoms with van der Waals surface area (Å²) in [6.45, 7) is 7.98. The number of hydrogen-bond donors (Lipinski definition) is 2. The third-order valence-electron chi connectivity index (χ3n) is 6.90. The number of carboxylic acid groups (broad SMARTS) is 1. The van der Waals surface area contributed by atoms with E-state index in [4.69, 9.17) is 10.2 Å². The summed E-state index contributed by atoms with van der Waals surface area (Å²) in [6.07, 6.45) is 3.78. The van der Waals surface area contributed by atoms with Crippen LogP contribution < -0.4 is 15.5 Å². The van der Waals surface area contributed by atoms with Crippen molar-refractivity contribution in [2.45, 2.75) is 19.8 Å². The number of piperidine rings is 1. The smallest absolute Gasteiger partial charge is 0.347 e. The Bertz CT molecular complexity index is 1410. The second kappa shape index (κ2) is 9.59. The SMILES string of the molecule is Cc1nc(N2CCN(C[C@@H]3CCCN(c4nc(N)n5nc(-c6ccco6)nc5n4)C3)CC2)sc1C(=O)O. The van der Waals surface area contributed by atoms with Crippen molar-refractivity contribution < 1.29 is 14.3 Å². The maximum atomic E-state index is 11.4. The van der Waals surface area contributed by atoms with Crippen molar-refractivity contribution in [1.29, 1.82) is 0 Å². The Morgan fingerprint density at radius 2 is 2.00 bits per heavy atom. The number of nitrogens with two attached hydrogens (primary N) is 1. The lowest BCUT2D eigenvalue weighted by Gasteiger charge is -2.39. The highest BCUT2D eigenvalue weighted by Gasteiger charge is 2.28. The molecule has 0 aromatic carbocycles. The van der Waals surface area contributed by atoms with Crippen LogP contribution in [-0.4, -0.2) is 91.3 Å². The molecular formula is C23H28N10O3S. The zero-order valence-corrected chi connectivity index (χ0v) is 21.3. The molecule has 37 heavy (non-hydrogen) atoms. The Morgan fingerprint density at radius 1 is 1.16 bits per heavy atom. The number of hydrogen-bond acceptors (Lipinski definition) is 12. The fourth-order valence-electron chi connectivity index (χ4n) is 5.04. The highest BCUT2D eigenvalue weighted by molar-refractivity contribution is 7.17. The first-order valence-corrected chi connectivity index (χ1v) is 13.1. The number of fused-ring (bicyclic) bond motifs is 1. The lowest BCUT2D eigenvalue weighted by molar-refractivity contribution is 0.0701. The van der Waals surface area contributed by atoms with Crippen molar-refractivity contribution in [3.05, 3.63) is 29.0 Å². The summed E-state index contributed by atoms with van der Waals surface area (Å²) in [4.78, 5) is 36.7. The fourth-order valence-corrected chi connectivity index (χ4v) is 6.00. The fraction of sp³-hybridized carbons (Fsp3) is 0.478. The molecule has 0 spiro atoms. The van der Waals surface area contributed by atoms with Gasteiger partial charge in [-0.1, -0.05) is 11.3 Å². The molecule has 0 saturated carbocycles. The summed E-state index contributed by atoms with van der Waals surface area (Å²) in [5, 5.41) is 14.5. The Morgan fingerprint density at radius 3 is 2.73 bits per heavy atom. The van der Waals surface area contributed by atoms with Gasteiger partial charge in [-0.15, -0.1) is 5.10 Å². The van der Waals surface area contributed by atoms with Crippen molar-refractivity contribution in [2.75, 3.05) is 61.3 Å². The molecule has 0 bridgehead atoms. The van der Waals surface area contributed by atoms with Crippen LogP contribution in [0.4, 0.5) is 17.0 Å². The molecule has 4 aromatic heterocycles. The van der Waals surface area contributed by atoms with E-state index in [0.29, 0.717) is 39.8 Å². The van der Waals surface area contributed by atoms with Gasteiger partial charge in [-0.05, 0) is 37.8 Å². The molecule has 2 fully saturated rings. The van der Waals surface area contributed by atoms with Crippen molar-refractivity contribution >= 4 is 40.1 Å². The van der Waals surface area contributed by atoms with Gasteiger partial charge in [0.15, 0.2) is 10.9 Å². The van der Waals surface area contributed by atoms with E-state index in [9.17, 15) is 9.90 Å². The van der Waals surface area contributed by atoms with Gasteiger partial charge in [0.1, 0.15) is 4.88 Å². The van der Waals surface area contributed by atoms with Gasteiger partial charge in [-0.25, -0.2) is 9.78 Å². The van der Waals surface area contributed by atoms with Crippen LogP contribution in [0.3, 0.4) is 0 Å². The number of aromatic nitrogens is 6. The van der Waals surface area contributed by atoms with E-state index in [1.54, 1.807) is 25.3 Å². The molecule has 13 nitrogen and oxygen atoms in total. The van der Waals surface area contributed by atoms with Gasteiger partial charge in [0.2, 0.25) is 17.7 Å². The summed E-state index contributed by atoms with van der Waals surface area (Å²) >= 11 is 1.26. The van der Waals surface area contributed by atoms with Gasteiger partial charge < -0.3 is 25.1 Å². The number of nitrogen functional groups attached to an aromatic ring is 1. The molecule has 1 atom stereocenters. The van der Waals surface area contributed by atoms with Crippen molar-refractivity contribution in [1.82, 2.24) is 34.4 Å². The molecule has 14 heteroatoms. The second-order valence-electron chi connectivity index (χ2n) is 9.46. The van der Waals surface area contributed by atoms with E-state index < -0.39 is 5.97 Å². The minimum atomic E-state index is -0.909. The first kappa shape index (κ1) is 23.6. The van der Waals surface area contributed by atoms with Gasteiger partial charge in [-0.2, -0.15) is 19.5 Å². The van der Waals surface area contributed by atoms with Crippen LogP contribution in [0.1, 0.15) is 28.2 Å². The van der Waals surface area contributed by atoms with Gasteiger partial charge >= 0.3 is 5.97 Å². The largest absolute Gasteiger partial charge is 0.477 e. The predicted octanol–water partition coefficient (Wildman–Crippen LogP) is 1.86. The molecule has 2 aliphatic rings. The predicted molar refractivity (Wildman–Crippen MR) is 138 cm³/mol. The van der Waals surface area contributed by atoms with E-state index in [-0.39, 0.29) is 5.95 Å². The molecule has 4 aromatic rings. The molecular weight excluding hydrogens is 496 g/mol. The van der Waals surface area contributed by atoms with Crippen molar-refractivity contribution in [3.8, 4) is 11.6 Å². The number of carboxylic acids is 1. The standard InChI is InChI=1S/C23H28N10O3S/c1-14-17(19(34)35)37-23(25-14)31-9-7-30(8-10-31)12-15-4-2-6-32(13-15)21-27-20(24)33-22(28-21)26-18(29-33)16-5-3-11-36-16/h3,5,11,15H,2,4,6-10,12-13H2,1H3,(H,34,35)(H2,24,26,27,28,29)/t15-/m0/s1. The average Bonchev–Trinajstić information content (AvgIpc) is 3.64. The molecule has 0 unspecified atom stereocenters. The van der Waals surface area contributed by atoms with Crippen LogP contribution in [0.2, 0.25) is 0 Å². The lowest BCUT2D eigenvalue weighted by Crippen LogP contribution is -2.49. The van der Waals surface area contributed by atoms with Crippen LogP contribution in [0.5, 0.6) is 0 Å². The summed E-state index contributed by atoms with van der Waals surface area (Å²) < 4.78 is 6.83. The molecule has 194 valence electrons. The lowest BCUT2D eigenvalue weighted by atomic mass is 9.97. The number of rotatable bonds is 6. The Kier molecular flexibility index (Phi) is 6.12. The summed E-state index contributed by atoms with van der Waals surface area (Å²) in [5.74, 6) is 1.77. The van der Waals surface area contributed by atoms with Crippen LogP contribution in [-0.2, 0) is 0 Å². The number of aryl methyl sites for hydroxylation is 1. The molecule has 2 saturated heterocycles. The topological polar surface area (TPSA) is 155 Å². The van der Waals surface area contributed by atoms with Crippen LogP contribution in [0.15, 0.2) is 22.8 Å². The highest BCUT2D eigenvalue weighted by Crippen LogP contribution is 2.28. The zero-order valence-electron chi connectivity index (χ0n) is 20.4. The molecule has 6 rings (SSSR count). The Balaban J connectivity index is 1.09. The number of thiazole rings is 1. The molecule has 0 amide bonds. The third-order valence-corrected chi connectivity index (χ3v) is 8.11. The van der Waals surface area contributed by atoms with E-state index in [2.05, 4.69) is 39.7 Å². The monoisotopic (exact) mass is 524 g/mol. The molecule has 6 heterocycles. The van der Waals surface area contributed by atoms with E-state index in [0.717, 1.165) is 63.8 Å². The number of piperazine rings is 1. The number of aromatic carboxylic acids is 1. The van der Waals surface area contributed by atoms with Crippen LogP contribution >= 0.6 is 11.3 Å². The maximum absolute atomic E-state index is 11.4. The second-order valence-corrected chi connectivity index (χ2v) is 10.4. The average molecular weight is 525 g/mol. The van der Waals surface area contributed by atoms with Gasteiger partial charge in [-0.3, -0.25) is 4.90 Å². The van der Waals surface area contributed by atoms with Gasteiger partial charge in [0, 0.05) is 45.8 Å². The van der Waals surface area contributed by atoms with Crippen LogP contribution in [0.25, 0.3) is 17.4 Å².